The molecular formula is C15H17FO. The molecule has 1 aromatic rings. The van der Waals surface area contributed by atoms with E-state index in [1.54, 1.807) is 13.0 Å². The van der Waals surface area contributed by atoms with Crippen LogP contribution in [0, 0.1) is 12.7 Å². The molecule has 1 aliphatic rings. The van der Waals surface area contributed by atoms with Crippen LogP contribution in [0.5, 0.6) is 0 Å². The minimum Gasteiger partial charge on any atom is -0.255 e. The van der Waals surface area contributed by atoms with Crippen molar-refractivity contribution >= 4 is 5.57 Å². The van der Waals surface area contributed by atoms with Crippen LogP contribution in [-0.4, -0.2) is 5.48 Å². The van der Waals surface area contributed by atoms with Crippen molar-refractivity contribution in [1.29, 1.82) is 0 Å². The maximum atomic E-state index is 13.4. The molecule has 1 aliphatic carbocycles. The van der Waals surface area contributed by atoms with Crippen LogP contribution in [0.2, 0.25) is 0 Å². The van der Waals surface area contributed by atoms with Crippen molar-refractivity contribution in [3.63, 3.8) is 0 Å². The normalized spacial score (nSPS) is 14.5. The van der Waals surface area contributed by atoms with Crippen molar-refractivity contribution in [2.45, 2.75) is 20.3 Å². The van der Waals surface area contributed by atoms with E-state index in [4.69, 9.17) is 0 Å². The van der Waals surface area contributed by atoms with Gasteiger partial charge in [0.2, 0.25) is 0 Å². The van der Waals surface area contributed by atoms with Gasteiger partial charge >= 0.3 is 0 Å². The van der Waals surface area contributed by atoms with E-state index >= 15 is 0 Å². The third kappa shape index (κ3) is 3.14. The number of benzene rings is 1. The summed E-state index contributed by atoms with van der Waals surface area (Å²) in [6, 6.07) is 5.38. The van der Waals surface area contributed by atoms with E-state index < -0.39 is 0 Å². The van der Waals surface area contributed by atoms with Crippen LogP contribution in [0.15, 0.2) is 48.1 Å². The zero-order valence-electron chi connectivity index (χ0n) is 11.1. The summed E-state index contributed by atoms with van der Waals surface area (Å²) in [6.07, 6.45) is 9.27. The summed E-state index contributed by atoms with van der Waals surface area (Å²) >= 11 is 0. The number of aryl methyl sites for hydroxylation is 1. The van der Waals surface area contributed by atoms with Gasteiger partial charge in [-0.05, 0) is 43.0 Å². The van der Waals surface area contributed by atoms with Crippen LogP contribution in [0.4, 0.5) is 4.39 Å². The van der Waals surface area contributed by atoms with Gasteiger partial charge in [0.25, 0.3) is 0 Å². The largest absolute Gasteiger partial charge is 0.255 e. The lowest BCUT2D eigenvalue weighted by atomic mass is 10.0. The lowest BCUT2D eigenvalue weighted by Gasteiger charge is -2.03. The molecule has 0 aromatic heterocycles. The average molecular weight is 232 g/mol. The van der Waals surface area contributed by atoms with E-state index in [2.05, 4.69) is 25.2 Å². The number of rotatable bonds is 1. The Labute approximate surface area is 103 Å². The summed E-state index contributed by atoms with van der Waals surface area (Å²) in [5, 5.41) is 0. The smallest absolute Gasteiger partial charge is 0.126 e. The SMILES string of the molecule is CC1=CC=C(c2ccc(C)c(F)c2)C=CC1.[H].[OH]. The first kappa shape index (κ1) is 13.4. The molecule has 0 bridgehead atoms. The molecule has 2 heteroatoms. The third-order valence-corrected chi connectivity index (χ3v) is 2.79. The van der Waals surface area contributed by atoms with E-state index in [9.17, 15) is 4.39 Å². The van der Waals surface area contributed by atoms with Crippen molar-refractivity contribution in [1.82, 2.24) is 0 Å². The quantitative estimate of drug-likeness (QED) is 0.745. The van der Waals surface area contributed by atoms with Gasteiger partial charge < -0.3 is 0 Å². The number of hydrogen-bond acceptors (Lipinski definition) is 0. The molecule has 0 amide bonds. The van der Waals surface area contributed by atoms with Crippen molar-refractivity contribution in [2.24, 2.45) is 0 Å². The van der Waals surface area contributed by atoms with E-state index in [1.165, 1.54) is 5.57 Å². The highest BCUT2D eigenvalue weighted by molar-refractivity contribution is 5.76. The van der Waals surface area contributed by atoms with Gasteiger partial charge in [0, 0.05) is 1.43 Å². The molecule has 0 fully saturated rings. The fourth-order valence-electron chi connectivity index (χ4n) is 1.69. The highest BCUT2D eigenvalue weighted by Crippen LogP contribution is 2.22. The predicted molar refractivity (Wildman–Crippen MR) is 69.7 cm³/mol. The molecule has 2 radical (unpaired) electrons. The van der Waals surface area contributed by atoms with Gasteiger partial charge in [-0.2, -0.15) is 0 Å². The fourth-order valence-corrected chi connectivity index (χ4v) is 1.69. The molecule has 90 valence electrons. The molecule has 0 atom stereocenters. The summed E-state index contributed by atoms with van der Waals surface area (Å²) in [6.45, 7) is 3.87. The molecule has 1 aromatic carbocycles. The Morgan fingerprint density at radius 1 is 1.18 bits per heavy atom. The molecule has 0 heterocycles. The van der Waals surface area contributed by atoms with Gasteiger partial charge in [0.1, 0.15) is 5.82 Å². The second-order valence-electron chi connectivity index (χ2n) is 4.21. The molecule has 0 unspecified atom stereocenters. The summed E-state index contributed by atoms with van der Waals surface area (Å²) in [5.41, 5.74) is 4.01. The molecule has 0 saturated heterocycles. The van der Waals surface area contributed by atoms with Gasteiger partial charge in [0.05, 0.1) is 0 Å². The summed E-state index contributed by atoms with van der Waals surface area (Å²) in [4.78, 5) is 0. The second-order valence-corrected chi connectivity index (χ2v) is 4.21. The maximum Gasteiger partial charge on any atom is 0.126 e. The highest BCUT2D eigenvalue weighted by atomic mass is 19.1. The number of hydrogen-bond donors (Lipinski definition) is 1. The Kier molecular flexibility index (Phi) is 4.41. The van der Waals surface area contributed by atoms with Crippen LogP contribution >= 0.6 is 0 Å². The van der Waals surface area contributed by atoms with Gasteiger partial charge in [-0.3, -0.25) is 5.48 Å². The van der Waals surface area contributed by atoms with Crippen molar-refractivity contribution in [3.8, 4) is 0 Å². The van der Waals surface area contributed by atoms with Gasteiger partial charge in [-0.25, -0.2) is 4.39 Å². The first-order valence-corrected chi connectivity index (χ1v) is 5.47. The Bertz CT molecular complexity index is 501. The number of allylic oxidation sites excluding steroid dienone is 6. The summed E-state index contributed by atoms with van der Waals surface area (Å²) < 4.78 is 13.4. The van der Waals surface area contributed by atoms with Crippen molar-refractivity contribution < 1.29 is 11.3 Å². The van der Waals surface area contributed by atoms with Crippen LogP contribution in [0.3, 0.4) is 0 Å². The van der Waals surface area contributed by atoms with E-state index in [0.29, 0.717) is 5.56 Å². The molecule has 0 spiro atoms. The standard InChI is InChI=1S/C15H15F.HO.H/c1-11-4-3-5-13(8-6-11)14-9-7-12(2)15(16)10-14;;/h3,5-10H,4H2,1-2H3;1H;. The van der Waals surface area contributed by atoms with E-state index in [1.807, 2.05) is 18.2 Å². The minimum absolute atomic E-state index is 0. The molecule has 0 aliphatic heterocycles. The Hall–Kier alpha value is -1.67. The summed E-state index contributed by atoms with van der Waals surface area (Å²) in [5.74, 6) is -0.142. The molecule has 2 rings (SSSR count). The first-order chi connectivity index (χ1) is 7.66. The van der Waals surface area contributed by atoms with Gasteiger partial charge in [-0.15, -0.1) is 0 Å². The zero-order chi connectivity index (χ0) is 11.5. The van der Waals surface area contributed by atoms with Gasteiger partial charge in [-0.1, -0.05) is 42.0 Å². The van der Waals surface area contributed by atoms with E-state index in [-0.39, 0.29) is 12.7 Å². The van der Waals surface area contributed by atoms with Crippen LogP contribution in [0.1, 0.15) is 25.9 Å². The summed E-state index contributed by atoms with van der Waals surface area (Å²) in [7, 11) is 0. The molecule has 1 N–H and O–H groups in total. The Morgan fingerprint density at radius 3 is 2.65 bits per heavy atom. The van der Waals surface area contributed by atoms with Crippen LogP contribution in [0.25, 0.3) is 5.57 Å². The minimum atomic E-state index is -0.142. The van der Waals surface area contributed by atoms with Crippen molar-refractivity contribution in [3.05, 3.63) is 65.0 Å². The van der Waals surface area contributed by atoms with Crippen molar-refractivity contribution in [2.75, 3.05) is 0 Å². The lowest BCUT2D eigenvalue weighted by molar-refractivity contribution is 0.618. The molecular weight excluding hydrogens is 215 g/mol. The Morgan fingerprint density at radius 2 is 1.94 bits per heavy atom. The third-order valence-electron chi connectivity index (χ3n) is 2.79. The monoisotopic (exact) mass is 232 g/mol. The average Bonchev–Trinajstić information content (AvgIpc) is 2.47. The highest BCUT2D eigenvalue weighted by Gasteiger charge is 2.03. The van der Waals surface area contributed by atoms with E-state index in [0.717, 1.165) is 17.6 Å². The van der Waals surface area contributed by atoms with Gasteiger partial charge in [0.15, 0.2) is 0 Å². The predicted octanol–water partition coefficient (Wildman–Crippen LogP) is 4.36. The first-order valence-electron chi connectivity index (χ1n) is 5.47. The molecule has 17 heavy (non-hydrogen) atoms. The topological polar surface area (TPSA) is 30.0 Å². The van der Waals surface area contributed by atoms with Crippen LogP contribution < -0.4 is 0 Å². The molecule has 0 saturated carbocycles. The number of halogens is 1. The maximum absolute atomic E-state index is 13.4. The van der Waals surface area contributed by atoms with Crippen LogP contribution in [-0.2, 0) is 0 Å². The Balaban J connectivity index is 0.00000144. The fraction of sp³-hybridized carbons (Fsp3) is 0.200. The zero-order valence-corrected chi connectivity index (χ0v) is 10.1. The molecule has 1 nitrogen and oxygen atoms in total. The second kappa shape index (κ2) is 5.60. The lowest BCUT2D eigenvalue weighted by Crippen LogP contribution is -1.86.